The van der Waals surface area contributed by atoms with Crippen molar-refractivity contribution in [2.45, 2.75) is 39.2 Å². The number of nitrogens with zero attached hydrogens (tertiary/aromatic N) is 2. The molecule has 6 rings (SSSR count). The van der Waals surface area contributed by atoms with Crippen LogP contribution >= 0.6 is 0 Å². The Kier molecular flexibility index (Phi) is 3.09. The minimum Gasteiger partial charge on any atom is -0.246 e. The predicted octanol–water partition coefficient (Wildman–Crippen LogP) is 3.44. The molecule has 2 aromatic rings. The molecular weight excluding hydrogens is 350 g/mol. The predicted molar refractivity (Wildman–Crippen MR) is 107 cm³/mol. The highest BCUT2D eigenvalue weighted by molar-refractivity contribution is 5.39. The van der Waals surface area contributed by atoms with E-state index in [-0.39, 0.29) is 17.4 Å². The third kappa shape index (κ3) is 1.87. The summed E-state index contributed by atoms with van der Waals surface area (Å²) in [7, 11) is 0. The van der Waals surface area contributed by atoms with Gasteiger partial charge in [-0.25, -0.2) is 23.9 Å². The van der Waals surface area contributed by atoms with Crippen molar-refractivity contribution in [2.75, 3.05) is 0 Å². The Morgan fingerprint density at radius 3 is 2.46 bits per heavy atom. The molecule has 1 aromatic carbocycles. The van der Waals surface area contributed by atoms with Crippen molar-refractivity contribution in [1.29, 1.82) is 0 Å². The molecule has 1 spiro atoms. The van der Waals surface area contributed by atoms with E-state index in [1.165, 1.54) is 28.6 Å². The average Bonchev–Trinajstić information content (AvgIpc) is 3.02. The molecule has 4 aliphatic rings. The van der Waals surface area contributed by atoms with E-state index >= 15 is 0 Å². The Hall–Kier alpha value is -2.56. The van der Waals surface area contributed by atoms with Crippen molar-refractivity contribution in [3.63, 3.8) is 0 Å². The molecule has 3 saturated carbocycles. The summed E-state index contributed by atoms with van der Waals surface area (Å²) >= 11 is 0. The maximum absolute atomic E-state index is 13.3. The largest absolute Gasteiger partial charge is 0.351 e. The summed E-state index contributed by atoms with van der Waals surface area (Å²) in [5.74, 6) is 2.11. The summed E-state index contributed by atoms with van der Waals surface area (Å²) in [6.45, 7) is 4.40. The molecule has 28 heavy (non-hydrogen) atoms. The van der Waals surface area contributed by atoms with Gasteiger partial charge in [-0.2, -0.15) is 0 Å². The second-order valence-corrected chi connectivity index (χ2v) is 9.31. The van der Waals surface area contributed by atoms with Crippen LogP contribution in [0, 0.1) is 29.1 Å². The fourth-order valence-corrected chi connectivity index (χ4v) is 6.76. The van der Waals surface area contributed by atoms with Gasteiger partial charge in [-0.15, -0.1) is 0 Å². The molecule has 144 valence electrons. The molecule has 2 bridgehead atoms. The molecule has 0 amide bonds. The number of aromatic amines is 1. The first-order valence-electron chi connectivity index (χ1n) is 10.4. The van der Waals surface area contributed by atoms with Gasteiger partial charge in [-0.3, -0.25) is 0 Å². The van der Waals surface area contributed by atoms with Crippen LogP contribution in [-0.4, -0.2) is 14.3 Å². The van der Waals surface area contributed by atoms with Crippen LogP contribution in [0.15, 0.2) is 63.2 Å². The fourth-order valence-electron chi connectivity index (χ4n) is 6.76. The standard InChI is InChI=1S/C23H25N3O2/c1-13(2)15-12-18(20-17-9-8-16(19(15)20)23(17)10-11-23)26-22(28)25(21(27)24-26)14-6-4-3-5-7-14/h3-9,16-20H,10-12H2,1-2H3,(H,24,27). The number of hydrogen-bond acceptors (Lipinski definition) is 2. The molecule has 1 heterocycles. The van der Waals surface area contributed by atoms with Crippen molar-refractivity contribution in [2.24, 2.45) is 29.1 Å². The summed E-state index contributed by atoms with van der Waals surface area (Å²) in [5.41, 5.74) is 3.37. The average molecular weight is 375 g/mol. The topological polar surface area (TPSA) is 59.8 Å². The monoisotopic (exact) mass is 375 g/mol. The van der Waals surface area contributed by atoms with Crippen LogP contribution in [-0.2, 0) is 0 Å². The van der Waals surface area contributed by atoms with Crippen molar-refractivity contribution < 1.29 is 0 Å². The summed E-state index contributed by atoms with van der Waals surface area (Å²) < 4.78 is 2.92. The first-order chi connectivity index (χ1) is 13.5. The molecular formula is C23H25N3O2. The zero-order chi connectivity index (χ0) is 19.2. The second kappa shape index (κ2) is 5.28. The number of benzene rings is 1. The Bertz CT molecular complexity index is 1140. The number of H-pyrrole nitrogens is 1. The lowest BCUT2D eigenvalue weighted by atomic mass is 9.82. The lowest BCUT2D eigenvalue weighted by molar-refractivity contribution is 0.254. The SMILES string of the molecule is CC(C)=C1CC(n2[nH]c(=O)n(-c3ccccc3)c2=O)C2C1C1C=CC2C12CC2. The Balaban J connectivity index is 1.50. The van der Waals surface area contributed by atoms with Crippen molar-refractivity contribution in [1.82, 2.24) is 14.3 Å². The number of allylic oxidation sites excluding steroid dienone is 4. The van der Waals surface area contributed by atoms with E-state index in [2.05, 4.69) is 31.1 Å². The third-order valence-corrected chi connectivity index (χ3v) is 7.98. The molecule has 1 N–H and O–H groups in total. The van der Waals surface area contributed by atoms with Gasteiger partial charge in [0.15, 0.2) is 0 Å². The quantitative estimate of drug-likeness (QED) is 0.818. The van der Waals surface area contributed by atoms with Crippen molar-refractivity contribution in [3.05, 3.63) is 74.6 Å². The van der Waals surface area contributed by atoms with Crippen LogP contribution < -0.4 is 11.4 Å². The highest BCUT2D eigenvalue weighted by Gasteiger charge is 2.70. The number of hydrogen-bond donors (Lipinski definition) is 1. The minimum absolute atomic E-state index is 0.0393. The van der Waals surface area contributed by atoms with E-state index in [0.29, 0.717) is 34.8 Å². The van der Waals surface area contributed by atoms with Gasteiger partial charge in [0.05, 0.1) is 11.7 Å². The summed E-state index contributed by atoms with van der Waals surface area (Å²) in [6, 6.07) is 9.24. The number of para-hydroxylation sites is 1. The maximum Gasteiger partial charge on any atom is 0.351 e. The highest BCUT2D eigenvalue weighted by atomic mass is 16.2. The molecule has 0 radical (unpaired) electrons. The summed E-state index contributed by atoms with van der Waals surface area (Å²) in [6.07, 6.45) is 8.35. The number of nitrogens with one attached hydrogen (secondary N) is 1. The minimum atomic E-state index is -0.349. The Labute approximate surface area is 163 Å². The zero-order valence-corrected chi connectivity index (χ0v) is 16.3. The van der Waals surface area contributed by atoms with Crippen LogP contribution in [0.5, 0.6) is 0 Å². The van der Waals surface area contributed by atoms with Gasteiger partial charge in [0.1, 0.15) is 0 Å². The first-order valence-corrected chi connectivity index (χ1v) is 10.4. The van der Waals surface area contributed by atoms with E-state index in [4.69, 9.17) is 0 Å². The van der Waals surface area contributed by atoms with Crippen molar-refractivity contribution >= 4 is 0 Å². The molecule has 3 fully saturated rings. The number of fused-ring (bicyclic) bond motifs is 3. The van der Waals surface area contributed by atoms with Gasteiger partial charge in [0.25, 0.3) is 0 Å². The van der Waals surface area contributed by atoms with Gasteiger partial charge in [-0.1, -0.05) is 41.5 Å². The maximum atomic E-state index is 13.3. The molecule has 5 unspecified atom stereocenters. The molecule has 4 aliphatic carbocycles. The Morgan fingerprint density at radius 2 is 1.79 bits per heavy atom. The van der Waals surface area contributed by atoms with Gasteiger partial charge in [-0.05, 0) is 74.3 Å². The van der Waals surface area contributed by atoms with E-state index in [0.717, 1.165) is 6.42 Å². The Morgan fingerprint density at radius 1 is 1.07 bits per heavy atom. The van der Waals surface area contributed by atoms with E-state index in [1.807, 2.05) is 18.2 Å². The zero-order valence-electron chi connectivity index (χ0n) is 16.3. The van der Waals surface area contributed by atoms with Crippen molar-refractivity contribution in [3.8, 4) is 5.69 Å². The van der Waals surface area contributed by atoms with E-state index in [9.17, 15) is 9.59 Å². The molecule has 5 nitrogen and oxygen atoms in total. The third-order valence-electron chi connectivity index (χ3n) is 7.98. The van der Waals surface area contributed by atoms with Crippen LogP contribution in [0.2, 0.25) is 0 Å². The number of rotatable bonds is 2. The number of aromatic nitrogens is 3. The smallest absolute Gasteiger partial charge is 0.246 e. The molecule has 5 atom stereocenters. The summed E-state index contributed by atoms with van der Waals surface area (Å²) in [4.78, 5) is 26.0. The second-order valence-electron chi connectivity index (χ2n) is 9.31. The highest BCUT2D eigenvalue weighted by Crippen LogP contribution is 2.77. The molecule has 1 aromatic heterocycles. The lowest BCUT2D eigenvalue weighted by Crippen LogP contribution is -2.32. The van der Waals surface area contributed by atoms with Crippen LogP contribution in [0.25, 0.3) is 5.69 Å². The summed E-state index contributed by atoms with van der Waals surface area (Å²) in [5, 5.41) is 2.90. The van der Waals surface area contributed by atoms with E-state index in [1.54, 1.807) is 16.8 Å². The molecule has 0 saturated heterocycles. The van der Waals surface area contributed by atoms with Gasteiger partial charge in [0, 0.05) is 0 Å². The normalized spacial score (nSPS) is 33.6. The van der Waals surface area contributed by atoms with Crippen LogP contribution in [0.1, 0.15) is 39.2 Å². The molecule has 0 aliphatic heterocycles. The van der Waals surface area contributed by atoms with Gasteiger partial charge in [0.2, 0.25) is 0 Å². The molecule has 5 heteroatoms. The van der Waals surface area contributed by atoms with E-state index < -0.39 is 0 Å². The van der Waals surface area contributed by atoms with Gasteiger partial charge >= 0.3 is 11.4 Å². The van der Waals surface area contributed by atoms with Crippen LogP contribution in [0.3, 0.4) is 0 Å². The van der Waals surface area contributed by atoms with Crippen LogP contribution in [0.4, 0.5) is 0 Å². The van der Waals surface area contributed by atoms with Gasteiger partial charge < -0.3 is 0 Å². The fraction of sp³-hybridized carbons (Fsp3) is 0.478. The first kappa shape index (κ1) is 16.4. The lowest BCUT2D eigenvalue weighted by Gasteiger charge is -2.26.